The first-order valence-corrected chi connectivity index (χ1v) is 8.93. The number of aryl methyl sites for hydroxylation is 1. The summed E-state index contributed by atoms with van der Waals surface area (Å²) in [7, 11) is -3.38. The summed E-state index contributed by atoms with van der Waals surface area (Å²) in [4.78, 5) is 12.4. The molecule has 0 spiro atoms. The number of hydrogen-bond donors (Lipinski definition) is 1. The molecule has 0 amide bonds. The van der Waals surface area contributed by atoms with Crippen molar-refractivity contribution < 1.29 is 8.42 Å². The number of nitrogens with one attached hydrogen (secondary N) is 1. The Hall–Kier alpha value is -1.96. The smallest absolute Gasteiger partial charge is 0.180 e. The second-order valence-electron chi connectivity index (χ2n) is 5.69. The lowest BCUT2D eigenvalue weighted by molar-refractivity contribution is 0.511. The van der Waals surface area contributed by atoms with Gasteiger partial charge in [0, 0.05) is 19.0 Å². The van der Waals surface area contributed by atoms with Gasteiger partial charge in [-0.1, -0.05) is 13.8 Å². The fourth-order valence-corrected chi connectivity index (χ4v) is 2.80. The van der Waals surface area contributed by atoms with E-state index >= 15 is 0 Å². The van der Waals surface area contributed by atoms with Crippen molar-refractivity contribution in [3.05, 3.63) is 30.2 Å². The van der Waals surface area contributed by atoms with E-state index in [1.807, 2.05) is 4.57 Å². The molecule has 0 atom stereocenters. The van der Waals surface area contributed by atoms with Gasteiger partial charge >= 0.3 is 0 Å². The maximum atomic E-state index is 11.8. The van der Waals surface area contributed by atoms with Crippen molar-refractivity contribution in [3.63, 3.8) is 0 Å². The number of nitrogens with zero attached hydrogens (tertiary/aromatic N) is 4. The van der Waals surface area contributed by atoms with Gasteiger partial charge in [-0.15, -0.1) is 0 Å². The van der Waals surface area contributed by atoms with Gasteiger partial charge in [-0.25, -0.2) is 23.4 Å². The standard InChI is InChI=1S/C14H21N5O2S/c1-10(2)8-19-9-15-5-12(19)6-17-14-13(22(4,20)21)7-16-11(3)18-14/h5,7,9-10H,6,8H2,1-4H3,(H,16,17,18). The highest BCUT2D eigenvalue weighted by Crippen LogP contribution is 2.18. The molecule has 0 aliphatic heterocycles. The van der Waals surface area contributed by atoms with E-state index in [9.17, 15) is 8.42 Å². The molecule has 2 aromatic heterocycles. The van der Waals surface area contributed by atoms with Crippen LogP contribution < -0.4 is 5.32 Å². The molecule has 0 saturated carbocycles. The van der Waals surface area contributed by atoms with Crippen molar-refractivity contribution in [2.45, 2.75) is 38.8 Å². The summed E-state index contributed by atoms with van der Waals surface area (Å²) in [6.45, 7) is 7.30. The number of rotatable bonds is 6. The van der Waals surface area contributed by atoms with Crippen LogP contribution in [0.2, 0.25) is 0 Å². The lowest BCUT2D eigenvalue weighted by Crippen LogP contribution is -2.13. The molecule has 7 nitrogen and oxygen atoms in total. The average molecular weight is 323 g/mol. The van der Waals surface area contributed by atoms with Crippen molar-refractivity contribution in [1.29, 1.82) is 0 Å². The van der Waals surface area contributed by atoms with Crippen LogP contribution in [0.1, 0.15) is 25.4 Å². The molecule has 0 radical (unpaired) electrons. The minimum absolute atomic E-state index is 0.105. The van der Waals surface area contributed by atoms with Gasteiger partial charge in [-0.05, 0) is 12.8 Å². The van der Waals surface area contributed by atoms with Crippen LogP contribution in [0.3, 0.4) is 0 Å². The van der Waals surface area contributed by atoms with E-state index in [1.165, 1.54) is 6.20 Å². The molecular formula is C14H21N5O2S. The predicted molar refractivity (Wildman–Crippen MR) is 84.3 cm³/mol. The van der Waals surface area contributed by atoms with Crippen molar-refractivity contribution in [3.8, 4) is 0 Å². The minimum Gasteiger partial charge on any atom is -0.363 e. The Bertz CT molecular complexity index is 752. The zero-order valence-corrected chi connectivity index (χ0v) is 14.1. The van der Waals surface area contributed by atoms with Gasteiger partial charge in [0.1, 0.15) is 16.5 Å². The van der Waals surface area contributed by atoms with Gasteiger partial charge in [0.05, 0.1) is 24.8 Å². The topological polar surface area (TPSA) is 89.8 Å². The maximum absolute atomic E-state index is 11.8. The maximum Gasteiger partial charge on any atom is 0.180 e. The van der Waals surface area contributed by atoms with Gasteiger partial charge in [-0.3, -0.25) is 0 Å². The largest absolute Gasteiger partial charge is 0.363 e. The van der Waals surface area contributed by atoms with Crippen LogP contribution in [0.15, 0.2) is 23.6 Å². The van der Waals surface area contributed by atoms with E-state index in [0.29, 0.717) is 24.1 Å². The summed E-state index contributed by atoms with van der Waals surface area (Å²) >= 11 is 0. The molecule has 0 fully saturated rings. The van der Waals surface area contributed by atoms with Crippen molar-refractivity contribution in [2.24, 2.45) is 5.92 Å². The number of aromatic nitrogens is 4. The average Bonchev–Trinajstić information content (AvgIpc) is 2.81. The van der Waals surface area contributed by atoms with Crippen LogP contribution >= 0.6 is 0 Å². The second-order valence-corrected chi connectivity index (χ2v) is 7.67. The Morgan fingerprint density at radius 3 is 2.68 bits per heavy atom. The van der Waals surface area contributed by atoms with E-state index in [0.717, 1.165) is 18.5 Å². The molecule has 8 heteroatoms. The summed E-state index contributed by atoms with van der Waals surface area (Å²) in [6.07, 6.45) is 6.03. The van der Waals surface area contributed by atoms with Gasteiger partial charge in [0.15, 0.2) is 9.84 Å². The predicted octanol–water partition coefficient (Wildman–Crippen LogP) is 1.65. The van der Waals surface area contributed by atoms with Crippen LogP contribution in [-0.2, 0) is 22.9 Å². The Labute approximate surface area is 130 Å². The molecule has 0 saturated heterocycles. The summed E-state index contributed by atoms with van der Waals surface area (Å²) < 4.78 is 25.6. The second kappa shape index (κ2) is 6.43. The van der Waals surface area contributed by atoms with E-state index < -0.39 is 9.84 Å². The first kappa shape index (κ1) is 16.4. The third-order valence-corrected chi connectivity index (χ3v) is 4.17. The fourth-order valence-electron chi connectivity index (χ4n) is 2.08. The quantitative estimate of drug-likeness (QED) is 0.869. The molecule has 0 aliphatic carbocycles. The summed E-state index contributed by atoms with van der Waals surface area (Å²) in [5, 5.41) is 3.09. The number of hydrogen-bond acceptors (Lipinski definition) is 6. The molecule has 2 aromatic rings. The number of anilines is 1. The van der Waals surface area contributed by atoms with E-state index in [4.69, 9.17) is 0 Å². The molecule has 22 heavy (non-hydrogen) atoms. The van der Waals surface area contributed by atoms with Crippen LogP contribution in [-0.4, -0.2) is 34.2 Å². The highest BCUT2D eigenvalue weighted by atomic mass is 32.2. The Kier molecular flexibility index (Phi) is 4.80. The first-order chi connectivity index (χ1) is 10.3. The van der Waals surface area contributed by atoms with Gasteiger partial charge in [-0.2, -0.15) is 0 Å². The molecule has 120 valence electrons. The zero-order chi connectivity index (χ0) is 16.3. The number of sulfone groups is 1. The van der Waals surface area contributed by atoms with Crippen LogP contribution in [0.25, 0.3) is 0 Å². The molecular weight excluding hydrogens is 302 g/mol. The molecule has 0 aliphatic rings. The summed E-state index contributed by atoms with van der Waals surface area (Å²) in [5.41, 5.74) is 0.976. The summed E-state index contributed by atoms with van der Waals surface area (Å²) in [5.74, 6) is 1.35. The molecule has 0 aromatic carbocycles. The van der Waals surface area contributed by atoms with Gasteiger partial charge < -0.3 is 9.88 Å². The summed E-state index contributed by atoms with van der Waals surface area (Å²) in [6, 6.07) is 0. The normalized spacial score (nSPS) is 11.9. The van der Waals surface area contributed by atoms with Crippen molar-refractivity contribution in [1.82, 2.24) is 19.5 Å². The Morgan fingerprint density at radius 1 is 1.32 bits per heavy atom. The van der Waals surface area contributed by atoms with E-state index in [-0.39, 0.29) is 4.90 Å². The highest BCUT2D eigenvalue weighted by molar-refractivity contribution is 7.90. The fraction of sp³-hybridized carbons (Fsp3) is 0.500. The number of imidazole rings is 1. The Balaban J connectivity index is 2.22. The van der Waals surface area contributed by atoms with Crippen molar-refractivity contribution >= 4 is 15.7 Å². The SMILES string of the molecule is Cc1ncc(S(C)(=O)=O)c(NCc2cncn2CC(C)C)n1. The van der Waals surface area contributed by atoms with Crippen LogP contribution in [0.4, 0.5) is 5.82 Å². The lowest BCUT2D eigenvalue weighted by Gasteiger charge is -2.13. The van der Waals surface area contributed by atoms with Crippen LogP contribution in [0, 0.1) is 12.8 Å². The van der Waals surface area contributed by atoms with Crippen LogP contribution in [0.5, 0.6) is 0 Å². The highest BCUT2D eigenvalue weighted by Gasteiger charge is 2.16. The zero-order valence-electron chi connectivity index (χ0n) is 13.2. The molecule has 0 bridgehead atoms. The first-order valence-electron chi connectivity index (χ1n) is 7.04. The van der Waals surface area contributed by atoms with Gasteiger partial charge in [0.2, 0.25) is 0 Å². The van der Waals surface area contributed by atoms with Gasteiger partial charge in [0.25, 0.3) is 0 Å². The third-order valence-electron chi connectivity index (χ3n) is 3.07. The molecule has 2 heterocycles. The monoisotopic (exact) mass is 323 g/mol. The lowest BCUT2D eigenvalue weighted by atomic mass is 10.2. The van der Waals surface area contributed by atoms with E-state index in [1.54, 1.807) is 19.4 Å². The van der Waals surface area contributed by atoms with Crippen molar-refractivity contribution in [2.75, 3.05) is 11.6 Å². The molecule has 2 rings (SSSR count). The molecule has 0 unspecified atom stereocenters. The third kappa shape index (κ3) is 4.03. The minimum atomic E-state index is -3.38. The Morgan fingerprint density at radius 2 is 2.05 bits per heavy atom. The van der Waals surface area contributed by atoms with E-state index in [2.05, 4.69) is 34.1 Å². The molecule has 1 N–H and O–H groups in total.